The van der Waals surface area contributed by atoms with E-state index in [0.717, 1.165) is 16.8 Å². The molecule has 0 spiro atoms. The van der Waals surface area contributed by atoms with Crippen LogP contribution in [0.2, 0.25) is 0 Å². The number of aryl methyl sites for hydroxylation is 3. The monoisotopic (exact) mass is 448 g/mol. The summed E-state index contributed by atoms with van der Waals surface area (Å²) in [7, 11) is 0. The van der Waals surface area contributed by atoms with Gasteiger partial charge in [0.1, 0.15) is 11.8 Å². The zero-order valence-electron chi connectivity index (χ0n) is 17.1. The van der Waals surface area contributed by atoms with Crippen molar-refractivity contribution in [2.75, 3.05) is 33.8 Å². The maximum absolute atomic E-state index is 12.7. The maximum atomic E-state index is 12.7. The van der Waals surface area contributed by atoms with Crippen molar-refractivity contribution in [2.45, 2.75) is 26.8 Å². The van der Waals surface area contributed by atoms with Gasteiger partial charge in [-0.05, 0) is 44.0 Å². The first-order valence-electron chi connectivity index (χ1n) is 9.39. The van der Waals surface area contributed by atoms with Crippen LogP contribution in [-0.4, -0.2) is 57.0 Å². The van der Waals surface area contributed by atoms with Crippen molar-refractivity contribution in [2.24, 2.45) is 0 Å². The van der Waals surface area contributed by atoms with Gasteiger partial charge in [-0.1, -0.05) is 11.2 Å². The van der Waals surface area contributed by atoms with Gasteiger partial charge in [0, 0.05) is 17.5 Å². The largest absolute Gasteiger partial charge is 0.360 e. The van der Waals surface area contributed by atoms with Crippen LogP contribution in [0.4, 0.5) is 11.5 Å². The summed E-state index contributed by atoms with van der Waals surface area (Å²) in [5.74, 6) is 1.59. The Hall–Kier alpha value is -2.46. The van der Waals surface area contributed by atoms with Crippen molar-refractivity contribution in [1.29, 1.82) is 0 Å². The quantitative estimate of drug-likeness (QED) is 0.671. The van der Waals surface area contributed by atoms with Crippen LogP contribution in [0, 0.1) is 20.8 Å². The highest BCUT2D eigenvalue weighted by atomic mass is 32.2. The summed E-state index contributed by atoms with van der Waals surface area (Å²) in [5, 5.41) is 9.22. The van der Waals surface area contributed by atoms with Crippen LogP contribution in [0.15, 0.2) is 28.8 Å². The number of amides is 3. The van der Waals surface area contributed by atoms with Crippen molar-refractivity contribution >= 4 is 52.8 Å². The van der Waals surface area contributed by atoms with Gasteiger partial charge in [0.2, 0.25) is 17.7 Å². The first-order chi connectivity index (χ1) is 14.3. The van der Waals surface area contributed by atoms with E-state index in [1.165, 1.54) is 11.8 Å². The number of thioether (sulfide) groups is 2. The summed E-state index contributed by atoms with van der Waals surface area (Å²) in [6.45, 7) is 5.74. The van der Waals surface area contributed by atoms with Gasteiger partial charge >= 0.3 is 0 Å². The lowest BCUT2D eigenvalue weighted by molar-refractivity contribution is -0.134. The van der Waals surface area contributed by atoms with E-state index in [0.29, 0.717) is 23.2 Å². The lowest BCUT2D eigenvalue weighted by Crippen LogP contribution is -2.45. The minimum Gasteiger partial charge on any atom is -0.360 e. The van der Waals surface area contributed by atoms with Gasteiger partial charge in [0.05, 0.1) is 17.4 Å². The fourth-order valence-electron chi connectivity index (χ4n) is 2.87. The van der Waals surface area contributed by atoms with Crippen LogP contribution < -0.4 is 10.6 Å². The van der Waals surface area contributed by atoms with E-state index in [9.17, 15) is 14.4 Å². The van der Waals surface area contributed by atoms with Crippen molar-refractivity contribution in [3.63, 3.8) is 0 Å². The molecule has 1 aliphatic heterocycles. The van der Waals surface area contributed by atoms with Crippen molar-refractivity contribution in [3.05, 3.63) is 41.2 Å². The van der Waals surface area contributed by atoms with Gasteiger partial charge < -0.3 is 20.1 Å². The molecule has 2 heterocycles. The first-order valence-corrected chi connectivity index (χ1v) is 11.7. The zero-order chi connectivity index (χ0) is 21.7. The number of nitrogens with zero attached hydrogens (tertiary/aromatic N) is 2. The Labute approximate surface area is 183 Å². The standard InChI is InChI=1S/C20H24N4O4S2/c1-12-4-5-15(6-13(12)2)21-20(27)16-8-30-11-24(16)19(26)10-29-9-18(25)22-17-7-14(3)28-23-17/h4-7,16H,8-11H2,1-3H3,(H,21,27)(H,22,23,25). The number of hydrogen-bond acceptors (Lipinski definition) is 7. The van der Waals surface area contributed by atoms with Gasteiger partial charge in [-0.2, -0.15) is 0 Å². The number of aromatic nitrogens is 1. The maximum Gasteiger partial charge on any atom is 0.248 e. The molecule has 1 atom stereocenters. The topological polar surface area (TPSA) is 105 Å². The minimum atomic E-state index is -0.517. The van der Waals surface area contributed by atoms with Crippen LogP contribution in [-0.2, 0) is 14.4 Å². The molecular formula is C20H24N4O4S2. The second kappa shape index (κ2) is 10.0. The molecule has 1 saturated heterocycles. The van der Waals surface area contributed by atoms with E-state index >= 15 is 0 Å². The summed E-state index contributed by atoms with van der Waals surface area (Å²) >= 11 is 2.75. The molecule has 1 aromatic heterocycles. The predicted octanol–water partition coefficient (Wildman–Crippen LogP) is 2.81. The highest BCUT2D eigenvalue weighted by Crippen LogP contribution is 2.24. The number of rotatable bonds is 7. The molecule has 2 aromatic rings. The Bertz CT molecular complexity index is 947. The van der Waals surface area contributed by atoms with E-state index in [2.05, 4.69) is 15.8 Å². The smallest absolute Gasteiger partial charge is 0.248 e. The lowest BCUT2D eigenvalue weighted by atomic mass is 10.1. The van der Waals surface area contributed by atoms with E-state index in [1.807, 2.05) is 32.0 Å². The Balaban J connectivity index is 1.47. The third-order valence-corrected chi connectivity index (χ3v) is 6.56. The number of carbonyl (C=O) groups excluding carboxylic acids is 3. The molecule has 160 valence electrons. The van der Waals surface area contributed by atoms with Crippen LogP contribution >= 0.6 is 23.5 Å². The van der Waals surface area contributed by atoms with Crippen LogP contribution in [0.1, 0.15) is 16.9 Å². The van der Waals surface area contributed by atoms with Crippen LogP contribution in [0.25, 0.3) is 0 Å². The molecule has 30 heavy (non-hydrogen) atoms. The Kier molecular flexibility index (Phi) is 7.43. The van der Waals surface area contributed by atoms with E-state index < -0.39 is 6.04 Å². The minimum absolute atomic E-state index is 0.109. The Morgan fingerprint density at radius 3 is 2.67 bits per heavy atom. The summed E-state index contributed by atoms with van der Waals surface area (Å²) in [4.78, 5) is 38.8. The normalized spacial score (nSPS) is 15.8. The molecule has 3 rings (SSSR count). The van der Waals surface area contributed by atoms with E-state index in [1.54, 1.807) is 29.7 Å². The molecule has 1 aromatic carbocycles. The second-order valence-corrected chi connectivity index (χ2v) is 9.02. The molecule has 1 aliphatic rings. The fourth-order valence-corrected chi connectivity index (χ4v) is 4.75. The Morgan fingerprint density at radius 1 is 1.17 bits per heavy atom. The summed E-state index contributed by atoms with van der Waals surface area (Å²) in [5.41, 5.74) is 2.97. The SMILES string of the molecule is Cc1cc(NC(=O)CSCC(=O)N2CSCC2C(=O)Nc2ccc(C)c(C)c2)no1. The van der Waals surface area contributed by atoms with Crippen LogP contribution in [0.5, 0.6) is 0 Å². The summed E-state index contributed by atoms with van der Waals surface area (Å²) in [6.07, 6.45) is 0. The fraction of sp³-hybridized carbons (Fsp3) is 0.400. The van der Waals surface area contributed by atoms with Crippen molar-refractivity contribution in [1.82, 2.24) is 10.1 Å². The Morgan fingerprint density at radius 2 is 1.97 bits per heavy atom. The molecule has 8 nitrogen and oxygen atoms in total. The van der Waals surface area contributed by atoms with Gasteiger partial charge in [-0.3, -0.25) is 14.4 Å². The first kappa shape index (κ1) is 22.2. The van der Waals surface area contributed by atoms with E-state index in [4.69, 9.17) is 4.52 Å². The summed E-state index contributed by atoms with van der Waals surface area (Å²) in [6, 6.07) is 6.84. The highest BCUT2D eigenvalue weighted by molar-refractivity contribution is 8.00. The molecule has 0 aliphatic carbocycles. The number of carbonyl (C=O) groups is 3. The van der Waals surface area contributed by atoms with Gasteiger partial charge in [0.25, 0.3) is 0 Å². The predicted molar refractivity (Wildman–Crippen MR) is 120 cm³/mol. The third-order valence-electron chi connectivity index (χ3n) is 4.63. The lowest BCUT2D eigenvalue weighted by Gasteiger charge is -2.23. The molecule has 0 bridgehead atoms. The highest BCUT2D eigenvalue weighted by Gasteiger charge is 2.34. The average molecular weight is 449 g/mol. The molecule has 10 heteroatoms. The van der Waals surface area contributed by atoms with Gasteiger partial charge in [0.15, 0.2) is 5.82 Å². The average Bonchev–Trinajstić information content (AvgIpc) is 3.34. The zero-order valence-corrected chi connectivity index (χ0v) is 18.7. The van der Waals surface area contributed by atoms with Gasteiger partial charge in [-0.15, -0.1) is 23.5 Å². The molecule has 1 fully saturated rings. The number of nitrogens with one attached hydrogen (secondary N) is 2. The van der Waals surface area contributed by atoms with Crippen molar-refractivity contribution in [3.8, 4) is 0 Å². The molecule has 3 amide bonds. The number of anilines is 2. The second-order valence-electron chi connectivity index (χ2n) is 7.03. The molecule has 2 N–H and O–H groups in total. The van der Waals surface area contributed by atoms with Crippen LogP contribution in [0.3, 0.4) is 0 Å². The third kappa shape index (κ3) is 5.79. The number of hydrogen-bond donors (Lipinski definition) is 2. The summed E-state index contributed by atoms with van der Waals surface area (Å²) < 4.78 is 4.89. The van der Waals surface area contributed by atoms with Crippen molar-refractivity contribution < 1.29 is 18.9 Å². The van der Waals surface area contributed by atoms with E-state index in [-0.39, 0.29) is 29.2 Å². The molecule has 0 saturated carbocycles. The molecule has 0 radical (unpaired) electrons. The number of benzene rings is 1. The van der Waals surface area contributed by atoms with Gasteiger partial charge in [-0.25, -0.2) is 0 Å². The molecular weight excluding hydrogens is 424 g/mol. The molecule has 1 unspecified atom stereocenters.